The summed E-state index contributed by atoms with van der Waals surface area (Å²) < 4.78 is 11.1. The number of ether oxygens (including phenoxy) is 2. The van der Waals surface area contributed by atoms with Crippen LogP contribution in [0.5, 0.6) is 11.5 Å². The molecule has 2 N–H and O–H groups in total. The van der Waals surface area contributed by atoms with Crippen LogP contribution in [-0.4, -0.2) is 42.8 Å². The van der Waals surface area contributed by atoms with Gasteiger partial charge in [-0.05, 0) is 91.1 Å². The Labute approximate surface area is 292 Å². The Balaban J connectivity index is 1.67. The Bertz CT molecular complexity index is 2350. The van der Waals surface area contributed by atoms with E-state index in [-0.39, 0.29) is 11.5 Å². The normalized spacial score (nSPS) is 12.0. The first-order chi connectivity index (χ1) is 24.5. The molecule has 6 heteroatoms. The average Bonchev–Trinajstić information content (AvgIpc) is 3.15. The van der Waals surface area contributed by atoms with Crippen LogP contribution in [0.4, 0.5) is 0 Å². The van der Waals surface area contributed by atoms with Crippen LogP contribution in [0.15, 0.2) is 102 Å². The van der Waals surface area contributed by atoms with Gasteiger partial charge in [-0.25, -0.2) is 4.79 Å². The van der Waals surface area contributed by atoms with E-state index >= 15 is 0 Å². The molecular formula is C44H41NO5. The molecule has 0 saturated carbocycles. The van der Waals surface area contributed by atoms with Crippen molar-refractivity contribution in [2.45, 2.75) is 45.4 Å². The van der Waals surface area contributed by atoms with Gasteiger partial charge in [-0.1, -0.05) is 106 Å². The zero-order valence-corrected chi connectivity index (χ0v) is 28.8. The minimum Gasteiger partial charge on any atom is -0.497 e. The summed E-state index contributed by atoms with van der Waals surface area (Å²) in [7, 11) is 3.27. The fourth-order valence-corrected chi connectivity index (χ4v) is 7.54. The lowest BCUT2D eigenvalue weighted by Gasteiger charge is -2.25. The molecular weight excluding hydrogens is 622 g/mol. The first-order valence-corrected chi connectivity index (χ1v) is 17.4. The predicted octanol–water partition coefficient (Wildman–Crippen LogP) is 11.5. The first-order valence-electron chi connectivity index (χ1n) is 17.4. The number of carbonyl (C=O) groups is 1. The average molecular weight is 664 g/mol. The molecule has 7 rings (SSSR count). The van der Waals surface area contributed by atoms with Crippen molar-refractivity contribution in [2.24, 2.45) is 4.99 Å². The van der Waals surface area contributed by atoms with Crippen molar-refractivity contribution in [1.82, 2.24) is 0 Å². The lowest BCUT2D eigenvalue weighted by molar-refractivity contribution is 0.0699. The van der Waals surface area contributed by atoms with Crippen molar-refractivity contribution in [3.05, 3.63) is 108 Å². The third-order valence-electron chi connectivity index (χ3n) is 9.90. The SMILES string of the molecule is CCCCCCCCN=C(O)c1c(-c2ccc(OC)cc2)c(-c2ccc(OC)cc2)c2c3cccc4cccc(c5ccc(C(=O)O)c1c52)c43. The molecule has 0 fully saturated rings. The smallest absolute Gasteiger partial charge is 0.336 e. The summed E-state index contributed by atoms with van der Waals surface area (Å²) in [5.74, 6) is 0.181. The Kier molecular flexibility index (Phi) is 9.27. The second-order valence-electron chi connectivity index (χ2n) is 12.9. The van der Waals surface area contributed by atoms with Gasteiger partial charge in [-0.15, -0.1) is 0 Å². The number of aromatic carboxylic acids is 1. The summed E-state index contributed by atoms with van der Waals surface area (Å²) in [4.78, 5) is 17.9. The van der Waals surface area contributed by atoms with Crippen molar-refractivity contribution < 1.29 is 24.5 Å². The minimum atomic E-state index is -1.07. The molecule has 0 unspecified atom stereocenters. The maximum atomic E-state index is 13.1. The van der Waals surface area contributed by atoms with E-state index in [1.54, 1.807) is 20.3 Å². The molecule has 0 saturated heterocycles. The van der Waals surface area contributed by atoms with Gasteiger partial charge in [0.25, 0.3) is 0 Å². The number of methoxy groups -OCH3 is 2. The van der Waals surface area contributed by atoms with Crippen molar-refractivity contribution >= 4 is 55.0 Å². The van der Waals surface area contributed by atoms with Gasteiger partial charge >= 0.3 is 5.97 Å². The lowest BCUT2D eigenvalue weighted by Crippen LogP contribution is -2.10. The zero-order valence-electron chi connectivity index (χ0n) is 28.8. The third-order valence-corrected chi connectivity index (χ3v) is 9.90. The molecule has 0 heterocycles. The number of hydrogen-bond acceptors (Lipinski definition) is 4. The summed E-state index contributed by atoms with van der Waals surface area (Å²) in [6.07, 6.45) is 6.55. The zero-order chi connectivity index (χ0) is 34.8. The number of unbranched alkanes of at least 4 members (excludes halogenated alkanes) is 5. The van der Waals surface area contributed by atoms with Gasteiger partial charge in [0.15, 0.2) is 0 Å². The highest BCUT2D eigenvalue weighted by atomic mass is 16.5. The van der Waals surface area contributed by atoms with Gasteiger partial charge in [0.1, 0.15) is 11.5 Å². The van der Waals surface area contributed by atoms with Crippen LogP contribution < -0.4 is 9.47 Å². The van der Waals surface area contributed by atoms with Gasteiger partial charge in [-0.3, -0.25) is 4.99 Å². The topological polar surface area (TPSA) is 88.4 Å². The second kappa shape index (κ2) is 14.1. The number of fused-ring (bicyclic) bond motifs is 2. The Hall–Kier alpha value is -5.62. The van der Waals surface area contributed by atoms with Crippen LogP contribution in [0, 0.1) is 0 Å². The monoisotopic (exact) mass is 663 g/mol. The summed E-state index contributed by atoms with van der Waals surface area (Å²) in [6.45, 7) is 2.64. The standard InChI is InChI=1S/C44H41NO5/c1-4-5-6-7-8-9-26-45-43(46)42-38(29-18-22-31(50-3)23-19-29)37(28-16-20-30(49-2)21-17-28)40-34-15-11-13-27-12-10-14-32(36(27)34)33-24-25-35(44(47)48)41(42)39(33)40/h10-25H,4-9,26H2,1-3H3,(H,45,46)(H,47,48). The van der Waals surface area contributed by atoms with Crippen molar-refractivity contribution in [1.29, 1.82) is 0 Å². The first kappa shape index (κ1) is 32.9. The fraction of sp³-hybridized carbons (Fsp3) is 0.227. The van der Waals surface area contributed by atoms with Gasteiger partial charge < -0.3 is 19.7 Å². The highest BCUT2D eigenvalue weighted by molar-refractivity contribution is 6.40. The maximum Gasteiger partial charge on any atom is 0.336 e. The van der Waals surface area contributed by atoms with Crippen molar-refractivity contribution in [2.75, 3.05) is 20.8 Å². The number of aliphatic imine (C=N–C) groups is 1. The number of aliphatic hydroxyl groups is 1. The van der Waals surface area contributed by atoms with E-state index < -0.39 is 5.97 Å². The van der Waals surface area contributed by atoms with E-state index in [1.165, 1.54) is 19.3 Å². The summed E-state index contributed by atoms with van der Waals surface area (Å²) in [5.41, 5.74) is 3.83. The maximum absolute atomic E-state index is 13.1. The molecule has 252 valence electrons. The van der Waals surface area contributed by atoms with E-state index in [0.29, 0.717) is 28.8 Å². The number of rotatable bonds is 13. The van der Waals surface area contributed by atoms with Gasteiger partial charge in [0.2, 0.25) is 5.90 Å². The highest BCUT2D eigenvalue weighted by Crippen LogP contribution is 2.51. The van der Waals surface area contributed by atoms with Crippen LogP contribution in [0.1, 0.15) is 61.4 Å². The highest BCUT2D eigenvalue weighted by Gasteiger charge is 2.29. The summed E-state index contributed by atoms with van der Waals surface area (Å²) >= 11 is 0. The Morgan fingerprint density at radius 2 is 1.18 bits per heavy atom. The van der Waals surface area contributed by atoms with E-state index in [4.69, 9.17) is 14.5 Å². The van der Waals surface area contributed by atoms with Crippen LogP contribution in [-0.2, 0) is 0 Å². The lowest BCUT2D eigenvalue weighted by atomic mass is 9.78. The molecule has 0 aliphatic carbocycles. The molecule has 0 radical (unpaired) electrons. The van der Waals surface area contributed by atoms with Crippen LogP contribution in [0.25, 0.3) is 65.3 Å². The van der Waals surface area contributed by atoms with Crippen LogP contribution in [0.3, 0.4) is 0 Å². The van der Waals surface area contributed by atoms with E-state index in [2.05, 4.69) is 37.3 Å². The number of carboxylic acids is 1. The minimum absolute atomic E-state index is 0.115. The molecule has 50 heavy (non-hydrogen) atoms. The number of nitrogens with zero attached hydrogens (tertiary/aromatic N) is 1. The third kappa shape index (κ3) is 5.75. The molecule has 0 aliphatic heterocycles. The van der Waals surface area contributed by atoms with Crippen molar-refractivity contribution in [3.8, 4) is 33.8 Å². The molecule has 7 aromatic rings. The van der Waals surface area contributed by atoms with E-state index in [1.807, 2.05) is 60.7 Å². The number of benzene rings is 7. The predicted molar refractivity (Wildman–Crippen MR) is 206 cm³/mol. The van der Waals surface area contributed by atoms with Gasteiger partial charge in [0, 0.05) is 17.5 Å². The van der Waals surface area contributed by atoms with E-state index in [9.17, 15) is 15.0 Å². The number of carboxylic acid groups (broad SMARTS) is 1. The molecule has 0 atom stereocenters. The molecule has 0 aliphatic rings. The summed E-state index contributed by atoms with van der Waals surface area (Å²) in [5, 5.41) is 30.3. The van der Waals surface area contributed by atoms with Gasteiger partial charge in [-0.2, -0.15) is 0 Å². The Morgan fingerprint density at radius 1 is 0.600 bits per heavy atom. The molecule has 6 nitrogen and oxygen atoms in total. The molecule has 0 bridgehead atoms. The quantitative estimate of drug-likeness (QED) is 0.0421. The number of hydrogen-bond donors (Lipinski definition) is 2. The molecule has 0 spiro atoms. The number of aliphatic hydroxyl groups excluding tert-OH is 1. The van der Waals surface area contributed by atoms with Crippen molar-refractivity contribution in [3.63, 3.8) is 0 Å². The van der Waals surface area contributed by atoms with E-state index in [0.717, 1.165) is 79.4 Å². The van der Waals surface area contributed by atoms with Gasteiger partial charge in [0.05, 0.1) is 25.3 Å². The Morgan fingerprint density at radius 3 is 1.80 bits per heavy atom. The van der Waals surface area contributed by atoms with Crippen LogP contribution >= 0.6 is 0 Å². The summed E-state index contributed by atoms with van der Waals surface area (Å²) in [6, 6.07) is 31.8. The largest absolute Gasteiger partial charge is 0.497 e. The molecule has 0 aromatic heterocycles. The van der Waals surface area contributed by atoms with Crippen LogP contribution in [0.2, 0.25) is 0 Å². The molecule has 7 aromatic carbocycles. The molecule has 0 amide bonds. The fourth-order valence-electron chi connectivity index (χ4n) is 7.54. The second-order valence-corrected chi connectivity index (χ2v) is 12.9.